The highest BCUT2D eigenvalue weighted by atomic mass is 79.9. The van der Waals surface area contributed by atoms with Crippen molar-refractivity contribution in [1.29, 1.82) is 0 Å². The van der Waals surface area contributed by atoms with Gasteiger partial charge in [0.1, 0.15) is 0 Å². The third kappa shape index (κ3) is 3.74. The fourth-order valence-electron chi connectivity index (χ4n) is 1.59. The standard InChI is InChI=1S/C12H17BrClNO/c1-8(16-3)12(15-2)6-9-4-5-10(13)7-11(9)14/h4-5,7-8,12,15H,6H2,1-3H3. The average molecular weight is 307 g/mol. The Morgan fingerprint density at radius 1 is 1.50 bits per heavy atom. The van der Waals surface area contributed by atoms with Crippen LogP contribution in [0.25, 0.3) is 0 Å². The Labute approximate surface area is 110 Å². The van der Waals surface area contributed by atoms with Gasteiger partial charge in [-0.3, -0.25) is 0 Å². The van der Waals surface area contributed by atoms with Gasteiger partial charge in [-0.05, 0) is 38.1 Å². The highest BCUT2D eigenvalue weighted by molar-refractivity contribution is 9.10. The summed E-state index contributed by atoms with van der Waals surface area (Å²) in [5.41, 5.74) is 1.13. The molecule has 0 aromatic heterocycles. The van der Waals surface area contributed by atoms with Crippen LogP contribution >= 0.6 is 27.5 Å². The molecule has 2 atom stereocenters. The predicted octanol–water partition coefficient (Wildman–Crippen LogP) is 3.27. The number of rotatable bonds is 5. The zero-order valence-corrected chi connectivity index (χ0v) is 12.1. The van der Waals surface area contributed by atoms with Gasteiger partial charge in [0.2, 0.25) is 0 Å². The van der Waals surface area contributed by atoms with Crippen molar-refractivity contribution in [2.75, 3.05) is 14.2 Å². The molecule has 1 aromatic carbocycles. The normalized spacial score (nSPS) is 14.8. The second kappa shape index (κ2) is 6.60. The quantitative estimate of drug-likeness (QED) is 0.901. The number of methoxy groups -OCH3 is 1. The van der Waals surface area contributed by atoms with Crippen molar-refractivity contribution < 1.29 is 4.74 Å². The molecule has 1 N–H and O–H groups in total. The van der Waals surface area contributed by atoms with Crippen LogP contribution in [0.5, 0.6) is 0 Å². The minimum absolute atomic E-state index is 0.157. The Bertz CT molecular complexity index is 346. The zero-order valence-electron chi connectivity index (χ0n) is 9.76. The van der Waals surface area contributed by atoms with Crippen molar-refractivity contribution >= 4 is 27.5 Å². The predicted molar refractivity (Wildman–Crippen MR) is 72.2 cm³/mol. The Morgan fingerprint density at radius 2 is 2.19 bits per heavy atom. The summed E-state index contributed by atoms with van der Waals surface area (Å²) in [5.74, 6) is 0. The van der Waals surface area contributed by atoms with Gasteiger partial charge in [0.25, 0.3) is 0 Å². The van der Waals surface area contributed by atoms with Gasteiger partial charge < -0.3 is 10.1 Å². The Kier molecular flexibility index (Phi) is 5.76. The molecule has 1 rings (SSSR count). The van der Waals surface area contributed by atoms with Crippen LogP contribution in [0.1, 0.15) is 12.5 Å². The maximum Gasteiger partial charge on any atom is 0.0699 e. The lowest BCUT2D eigenvalue weighted by atomic mass is 10.0. The van der Waals surface area contributed by atoms with Crippen LogP contribution in [-0.2, 0) is 11.2 Å². The number of hydrogen-bond donors (Lipinski definition) is 1. The number of nitrogens with one attached hydrogen (secondary N) is 1. The molecular formula is C12H17BrClNO. The molecule has 4 heteroatoms. The monoisotopic (exact) mass is 305 g/mol. The van der Waals surface area contributed by atoms with Crippen molar-refractivity contribution in [3.63, 3.8) is 0 Å². The third-order valence-electron chi connectivity index (χ3n) is 2.76. The summed E-state index contributed by atoms with van der Waals surface area (Å²) in [6, 6.07) is 6.23. The van der Waals surface area contributed by atoms with E-state index in [1.807, 2.05) is 32.2 Å². The topological polar surface area (TPSA) is 21.3 Å². The first-order valence-corrected chi connectivity index (χ1v) is 6.39. The lowest BCUT2D eigenvalue weighted by molar-refractivity contribution is 0.0857. The zero-order chi connectivity index (χ0) is 12.1. The number of ether oxygens (including phenoxy) is 1. The molecule has 2 nitrogen and oxygen atoms in total. The molecule has 0 heterocycles. The molecule has 90 valence electrons. The summed E-state index contributed by atoms with van der Waals surface area (Å²) < 4.78 is 6.33. The van der Waals surface area contributed by atoms with E-state index in [9.17, 15) is 0 Å². The lowest BCUT2D eigenvalue weighted by Gasteiger charge is -2.22. The van der Waals surface area contributed by atoms with Gasteiger partial charge in [-0.15, -0.1) is 0 Å². The summed E-state index contributed by atoms with van der Waals surface area (Å²) in [5, 5.41) is 4.04. The molecule has 16 heavy (non-hydrogen) atoms. The van der Waals surface area contributed by atoms with Crippen LogP contribution in [0.15, 0.2) is 22.7 Å². The first-order valence-electron chi connectivity index (χ1n) is 5.22. The number of likely N-dealkylation sites (N-methyl/N-ethyl adjacent to an activating group) is 1. The van der Waals surface area contributed by atoms with Gasteiger partial charge in [0.15, 0.2) is 0 Å². The summed E-state index contributed by atoms with van der Waals surface area (Å²) in [4.78, 5) is 0. The maximum atomic E-state index is 6.18. The molecule has 0 fully saturated rings. The van der Waals surface area contributed by atoms with Crippen molar-refractivity contribution in [2.24, 2.45) is 0 Å². The largest absolute Gasteiger partial charge is 0.380 e. The Hall–Kier alpha value is -0.0900. The number of benzene rings is 1. The fraction of sp³-hybridized carbons (Fsp3) is 0.500. The van der Waals surface area contributed by atoms with E-state index in [1.165, 1.54) is 0 Å². The fourth-order valence-corrected chi connectivity index (χ4v) is 2.34. The molecule has 0 aliphatic carbocycles. The number of halogens is 2. The van der Waals surface area contributed by atoms with E-state index in [4.69, 9.17) is 16.3 Å². The van der Waals surface area contributed by atoms with Crippen molar-refractivity contribution in [3.05, 3.63) is 33.3 Å². The van der Waals surface area contributed by atoms with Crippen molar-refractivity contribution in [2.45, 2.75) is 25.5 Å². The molecule has 0 aliphatic rings. The van der Waals surface area contributed by atoms with Crippen LogP contribution in [0.3, 0.4) is 0 Å². The molecule has 0 amide bonds. The van der Waals surface area contributed by atoms with Gasteiger partial charge in [0, 0.05) is 22.6 Å². The highest BCUT2D eigenvalue weighted by Gasteiger charge is 2.16. The van der Waals surface area contributed by atoms with E-state index in [2.05, 4.69) is 21.2 Å². The second-order valence-corrected chi connectivity index (χ2v) is 5.10. The maximum absolute atomic E-state index is 6.18. The molecule has 0 saturated carbocycles. The summed E-state index contributed by atoms with van der Waals surface area (Å²) >= 11 is 9.58. The van der Waals surface area contributed by atoms with E-state index < -0.39 is 0 Å². The molecule has 0 saturated heterocycles. The van der Waals surface area contributed by atoms with Gasteiger partial charge >= 0.3 is 0 Å². The summed E-state index contributed by atoms with van der Waals surface area (Å²) in [6.45, 7) is 2.05. The molecular weight excluding hydrogens is 289 g/mol. The van der Waals surface area contributed by atoms with E-state index in [0.29, 0.717) is 0 Å². The van der Waals surface area contributed by atoms with Gasteiger partial charge in [-0.25, -0.2) is 0 Å². The highest BCUT2D eigenvalue weighted by Crippen LogP contribution is 2.23. The van der Waals surface area contributed by atoms with Gasteiger partial charge in [-0.1, -0.05) is 33.6 Å². The van der Waals surface area contributed by atoms with E-state index in [-0.39, 0.29) is 12.1 Å². The van der Waals surface area contributed by atoms with E-state index in [0.717, 1.165) is 21.5 Å². The van der Waals surface area contributed by atoms with Crippen molar-refractivity contribution in [3.8, 4) is 0 Å². The molecule has 0 bridgehead atoms. The van der Waals surface area contributed by atoms with Crippen LogP contribution in [0, 0.1) is 0 Å². The minimum Gasteiger partial charge on any atom is -0.380 e. The average Bonchev–Trinajstić information content (AvgIpc) is 2.27. The summed E-state index contributed by atoms with van der Waals surface area (Å²) in [6.07, 6.45) is 1.02. The first-order chi connectivity index (χ1) is 7.58. The molecule has 0 radical (unpaired) electrons. The smallest absolute Gasteiger partial charge is 0.0699 e. The third-order valence-corrected chi connectivity index (χ3v) is 3.61. The van der Waals surface area contributed by atoms with Gasteiger partial charge in [0.05, 0.1) is 6.10 Å². The second-order valence-electron chi connectivity index (χ2n) is 3.78. The molecule has 1 aromatic rings. The van der Waals surface area contributed by atoms with Crippen LogP contribution in [0.4, 0.5) is 0 Å². The minimum atomic E-state index is 0.157. The van der Waals surface area contributed by atoms with E-state index in [1.54, 1.807) is 7.11 Å². The summed E-state index contributed by atoms with van der Waals surface area (Å²) in [7, 11) is 3.66. The SMILES string of the molecule is CNC(Cc1ccc(Br)cc1Cl)C(C)OC. The Morgan fingerprint density at radius 3 is 2.69 bits per heavy atom. The Balaban J connectivity index is 2.78. The molecule has 2 unspecified atom stereocenters. The van der Waals surface area contributed by atoms with E-state index >= 15 is 0 Å². The first kappa shape index (κ1) is 14.0. The molecule has 0 aliphatic heterocycles. The van der Waals surface area contributed by atoms with Crippen LogP contribution in [-0.4, -0.2) is 26.3 Å². The number of hydrogen-bond acceptors (Lipinski definition) is 2. The van der Waals surface area contributed by atoms with Crippen LogP contribution in [0.2, 0.25) is 5.02 Å². The van der Waals surface area contributed by atoms with Crippen molar-refractivity contribution in [1.82, 2.24) is 5.32 Å². The lowest BCUT2D eigenvalue weighted by Crippen LogP contribution is -2.38. The van der Waals surface area contributed by atoms with Crippen LogP contribution < -0.4 is 5.32 Å². The van der Waals surface area contributed by atoms with Gasteiger partial charge in [-0.2, -0.15) is 0 Å². The molecule has 0 spiro atoms.